The highest BCUT2D eigenvalue weighted by atomic mass is 32.2. The fourth-order valence-corrected chi connectivity index (χ4v) is 3.09. The minimum absolute atomic E-state index is 0.0764. The van der Waals surface area contributed by atoms with Gasteiger partial charge in [0.2, 0.25) is 10.0 Å². The molecule has 2 N–H and O–H groups in total. The average Bonchev–Trinajstić information content (AvgIpc) is 2.32. The van der Waals surface area contributed by atoms with Crippen molar-refractivity contribution >= 4 is 10.0 Å². The summed E-state index contributed by atoms with van der Waals surface area (Å²) in [7, 11) is -3.05. The molecule has 1 aliphatic heterocycles. The third kappa shape index (κ3) is 2.43. The van der Waals surface area contributed by atoms with Crippen molar-refractivity contribution in [2.75, 3.05) is 18.8 Å². The Kier molecular flexibility index (Phi) is 3.09. The summed E-state index contributed by atoms with van der Waals surface area (Å²) in [4.78, 5) is 0. The molecule has 0 saturated carbocycles. The monoisotopic (exact) mass is 192 g/mol. The Hall–Kier alpha value is -0.130. The molecule has 0 bridgehead atoms. The summed E-state index contributed by atoms with van der Waals surface area (Å²) in [6, 6.07) is -0.268. The second kappa shape index (κ2) is 3.72. The Morgan fingerprint density at radius 3 is 2.33 bits per heavy atom. The van der Waals surface area contributed by atoms with Crippen molar-refractivity contribution in [1.82, 2.24) is 4.31 Å². The van der Waals surface area contributed by atoms with Crippen LogP contribution in [0.2, 0.25) is 0 Å². The molecule has 1 unspecified atom stereocenters. The van der Waals surface area contributed by atoms with Crippen LogP contribution in [-0.2, 0) is 10.0 Å². The largest absolute Gasteiger partial charge is 0.327 e. The molecule has 1 saturated heterocycles. The lowest BCUT2D eigenvalue weighted by Gasteiger charge is -2.16. The van der Waals surface area contributed by atoms with Crippen LogP contribution in [0.4, 0.5) is 0 Å². The first kappa shape index (κ1) is 9.95. The summed E-state index contributed by atoms with van der Waals surface area (Å²) >= 11 is 0. The summed E-state index contributed by atoms with van der Waals surface area (Å²) in [6.45, 7) is 3.07. The Balaban J connectivity index is 2.58. The number of hydrogen-bond donors (Lipinski definition) is 1. The standard InChI is InChI=1S/C7H16N2O2S/c1-7(8)6-12(10,11)9-4-2-3-5-9/h7H,2-6,8H2,1H3. The molecule has 1 rings (SSSR count). The first-order valence-electron chi connectivity index (χ1n) is 4.26. The molecule has 1 fully saturated rings. The quantitative estimate of drug-likeness (QED) is 0.671. The van der Waals surface area contributed by atoms with Crippen LogP contribution in [0.1, 0.15) is 19.8 Å². The Bertz CT molecular complexity index is 230. The van der Waals surface area contributed by atoms with Crippen molar-refractivity contribution in [2.24, 2.45) is 5.73 Å². The molecule has 1 aliphatic rings. The van der Waals surface area contributed by atoms with E-state index in [4.69, 9.17) is 5.73 Å². The summed E-state index contributed by atoms with van der Waals surface area (Å²) in [6.07, 6.45) is 1.97. The number of sulfonamides is 1. The SMILES string of the molecule is CC(N)CS(=O)(=O)N1CCCC1. The van der Waals surface area contributed by atoms with Crippen molar-refractivity contribution < 1.29 is 8.42 Å². The van der Waals surface area contributed by atoms with E-state index in [0.717, 1.165) is 12.8 Å². The van der Waals surface area contributed by atoms with Crippen LogP contribution >= 0.6 is 0 Å². The number of nitrogens with two attached hydrogens (primary N) is 1. The van der Waals surface area contributed by atoms with Gasteiger partial charge in [-0.15, -0.1) is 0 Å². The van der Waals surface area contributed by atoms with E-state index in [1.807, 2.05) is 0 Å². The van der Waals surface area contributed by atoms with Gasteiger partial charge in [0.25, 0.3) is 0 Å². The maximum atomic E-state index is 11.5. The molecular formula is C7H16N2O2S. The second-order valence-electron chi connectivity index (χ2n) is 3.36. The van der Waals surface area contributed by atoms with E-state index < -0.39 is 10.0 Å². The van der Waals surface area contributed by atoms with Crippen LogP contribution in [-0.4, -0.2) is 37.6 Å². The Labute approximate surface area is 73.8 Å². The number of nitrogens with zero attached hydrogens (tertiary/aromatic N) is 1. The van der Waals surface area contributed by atoms with Crippen LogP contribution in [0.15, 0.2) is 0 Å². The van der Waals surface area contributed by atoms with Gasteiger partial charge in [-0.05, 0) is 19.8 Å². The van der Waals surface area contributed by atoms with Gasteiger partial charge < -0.3 is 5.73 Å². The summed E-state index contributed by atoms with van der Waals surface area (Å²) < 4.78 is 24.5. The molecule has 0 spiro atoms. The fraction of sp³-hybridized carbons (Fsp3) is 1.00. The molecule has 0 aromatic carbocycles. The second-order valence-corrected chi connectivity index (χ2v) is 5.38. The summed E-state index contributed by atoms with van der Waals surface area (Å²) in [5.41, 5.74) is 5.44. The van der Waals surface area contributed by atoms with Gasteiger partial charge >= 0.3 is 0 Å². The van der Waals surface area contributed by atoms with Gasteiger partial charge in [0, 0.05) is 19.1 Å². The van der Waals surface area contributed by atoms with E-state index in [1.165, 1.54) is 4.31 Å². The van der Waals surface area contributed by atoms with Crippen LogP contribution in [0, 0.1) is 0 Å². The zero-order valence-corrected chi connectivity index (χ0v) is 8.18. The van der Waals surface area contributed by atoms with E-state index in [9.17, 15) is 8.42 Å². The lowest BCUT2D eigenvalue weighted by atomic mass is 10.4. The summed E-state index contributed by atoms with van der Waals surface area (Å²) in [5.74, 6) is 0.0764. The van der Waals surface area contributed by atoms with Gasteiger partial charge in [-0.25, -0.2) is 12.7 Å². The van der Waals surface area contributed by atoms with Gasteiger partial charge in [0.05, 0.1) is 5.75 Å². The molecule has 72 valence electrons. The third-order valence-corrected chi connectivity index (χ3v) is 4.03. The zero-order valence-electron chi connectivity index (χ0n) is 7.36. The zero-order chi connectivity index (χ0) is 9.19. The molecule has 4 nitrogen and oxygen atoms in total. The van der Waals surface area contributed by atoms with E-state index in [1.54, 1.807) is 6.92 Å². The first-order valence-corrected chi connectivity index (χ1v) is 5.87. The maximum Gasteiger partial charge on any atom is 0.215 e. The van der Waals surface area contributed by atoms with E-state index in [0.29, 0.717) is 13.1 Å². The highest BCUT2D eigenvalue weighted by Crippen LogP contribution is 2.13. The topological polar surface area (TPSA) is 63.4 Å². The Morgan fingerprint density at radius 1 is 1.42 bits per heavy atom. The number of hydrogen-bond acceptors (Lipinski definition) is 3. The molecule has 0 aromatic heterocycles. The van der Waals surface area contributed by atoms with Crippen LogP contribution in [0.3, 0.4) is 0 Å². The molecule has 0 aromatic rings. The molecule has 0 amide bonds. The predicted molar refractivity (Wildman–Crippen MR) is 48.2 cm³/mol. The predicted octanol–water partition coefficient (Wildman–Crippen LogP) is -0.241. The lowest BCUT2D eigenvalue weighted by Crippen LogP contribution is -2.36. The molecule has 0 aliphatic carbocycles. The first-order chi connectivity index (χ1) is 5.52. The highest BCUT2D eigenvalue weighted by Gasteiger charge is 2.25. The third-order valence-electron chi connectivity index (χ3n) is 1.93. The van der Waals surface area contributed by atoms with E-state index in [-0.39, 0.29) is 11.8 Å². The molecular weight excluding hydrogens is 176 g/mol. The Morgan fingerprint density at radius 2 is 1.92 bits per heavy atom. The van der Waals surface area contributed by atoms with Crippen LogP contribution in [0.5, 0.6) is 0 Å². The average molecular weight is 192 g/mol. The maximum absolute atomic E-state index is 11.5. The molecule has 5 heteroatoms. The molecule has 1 heterocycles. The van der Waals surface area contributed by atoms with Crippen LogP contribution < -0.4 is 5.73 Å². The lowest BCUT2D eigenvalue weighted by molar-refractivity contribution is 0.474. The summed E-state index contributed by atoms with van der Waals surface area (Å²) in [5, 5.41) is 0. The van der Waals surface area contributed by atoms with Crippen molar-refractivity contribution in [3.05, 3.63) is 0 Å². The minimum atomic E-state index is -3.05. The molecule has 1 atom stereocenters. The highest BCUT2D eigenvalue weighted by molar-refractivity contribution is 7.89. The minimum Gasteiger partial charge on any atom is -0.327 e. The van der Waals surface area contributed by atoms with Crippen molar-refractivity contribution in [2.45, 2.75) is 25.8 Å². The fourth-order valence-electron chi connectivity index (χ4n) is 1.40. The van der Waals surface area contributed by atoms with Gasteiger partial charge in [-0.3, -0.25) is 0 Å². The number of rotatable bonds is 3. The molecule has 12 heavy (non-hydrogen) atoms. The van der Waals surface area contributed by atoms with Crippen LogP contribution in [0.25, 0.3) is 0 Å². The van der Waals surface area contributed by atoms with Crippen molar-refractivity contribution in [1.29, 1.82) is 0 Å². The van der Waals surface area contributed by atoms with Crippen molar-refractivity contribution in [3.63, 3.8) is 0 Å². The smallest absolute Gasteiger partial charge is 0.215 e. The van der Waals surface area contributed by atoms with Gasteiger partial charge in [0.15, 0.2) is 0 Å². The van der Waals surface area contributed by atoms with Gasteiger partial charge in [0.1, 0.15) is 0 Å². The molecule has 0 radical (unpaired) electrons. The van der Waals surface area contributed by atoms with Gasteiger partial charge in [-0.2, -0.15) is 0 Å². The normalized spacial score (nSPS) is 22.8. The van der Waals surface area contributed by atoms with E-state index >= 15 is 0 Å². The van der Waals surface area contributed by atoms with Gasteiger partial charge in [-0.1, -0.05) is 0 Å². The van der Waals surface area contributed by atoms with E-state index in [2.05, 4.69) is 0 Å². The van der Waals surface area contributed by atoms with Crippen molar-refractivity contribution in [3.8, 4) is 0 Å².